The van der Waals surface area contributed by atoms with Crippen molar-refractivity contribution in [1.82, 2.24) is 30.4 Å². The Bertz CT molecular complexity index is 683. The van der Waals surface area contributed by atoms with Gasteiger partial charge in [-0.15, -0.1) is 0 Å². The molecule has 128 valence electrons. The van der Waals surface area contributed by atoms with Crippen LogP contribution in [0.2, 0.25) is 0 Å². The molecule has 2 aromatic heterocycles. The third-order valence-corrected chi connectivity index (χ3v) is 3.81. The molecule has 0 saturated heterocycles. The van der Waals surface area contributed by atoms with E-state index in [2.05, 4.69) is 30.7 Å². The van der Waals surface area contributed by atoms with E-state index in [1.54, 1.807) is 19.4 Å². The largest absolute Gasteiger partial charge is 0.490 e. The normalized spacial score (nSPS) is 17.2. The number of nitrogens with one attached hydrogen (secondary N) is 2. The number of hydrogen-bond acceptors (Lipinski definition) is 5. The van der Waals surface area contributed by atoms with Crippen LogP contribution in [-0.4, -0.2) is 45.9 Å². The smallest absolute Gasteiger partial charge is 0.191 e. The number of pyridine rings is 1. The highest BCUT2D eigenvalue weighted by molar-refractivity contribution is 5.80. The predicted molar refractivity (Wildman–Crippen MR) is 91.0 cm³/mol. The molecule has 0 spiro atoms. The quantitative estimate of drug-likeness (QED) is 0.484. The lowest BCUT2D eigenvalue weighted by Gasteiger charge is -2.25. The summed E-state index contributed by atoms with van der Waals surface area (Å²) in [6, 6.07) is 3.87. The maximum absolute atomic E-state index is 5.62. The van der Waals surface area contributed by atoms with Crippen LogP contribution < -0.4 is 15.4 Å². The van der Waals surface area contributed by atoms with Gasteiger partial charge >= 0.3 is 0 Å². The summed E-state index contributed by atoms with van der Waals surface area (Å²) in [5.41, 5.74) is 0. The fourth-order valence-electron chi connectivity index (χ4n) is 2.74. The summed E-state index contributed by atoms with van der Waals surface area (Å²) in [5.74, 6) is 3.29. The molecule has 0 radical (unpaired) electrons. The predicted octanol–water partition coefficient (Wildman–Crippen LogP) is 1.06. The number of hydrogen-bond donors (Lipinski definition) is 2. The van der Waals surface area contributed by atoms with E-state index in [0.717, 1.165) is 42.7 Å². The van der Waals surface area contributed by atoms with Crippen molar-refractivity contribution in [3.8, 4) is 5.75 Å². The zero-order valence-electron chi connectivity index (χ0n) is 14.1. The van der Waals surface area contributed by atoms with E-state index in [1.807, 2.05) is 23.7 Å². The molecule has 2 N–H and O–H groups in total. The van der Waals surface area contributed by atoms with Crippen molar-refractivity contribution < 1.29 is 4.74 Å². The highest BCUT2D eigenvalue weighted by Crippen LogP contribution is 2.22. The second-order valence-corrected chi connectivity index (χ2v) is 5.62. The van der Waals surface area contributed by atoms with Crippen molar-refractivity contribution in [3.05, 3.63) is 36.2 Å². The molecule has 0 bridgehead atoms. The fraction of sp³-hybridized carbons (Fsp3) is 0.500. The molecular formula is C16H23N7O. The second-order valence-electron chi connectivity index (χ2n) is 5.62. The third kappa shape index (κ3) is 4.01. The Morgan fingerprint density at radius 3 is 3.21 bits per heavy atom. The minimum atomic E-state index is 0.130. The van der Waals surface area contributed by atoms with E-state index >= 15 is 0 Å². The van der Waals surface area contributed by atoms with Gasteiger partial charge < -0.3 is 15.4 Å². The van der Waals surface area contributed by atoms with Crippen LogP contribution in [0.15, 0.2) is 29.5 Å². The Balaban J connectivity index is 1.49. The average Bonchev–Trinajstić information content (AvgIpc) is 2.99. The molecule has 3 heterocycles. The molecule has 1 unspecified atom stereocenters. The molecule has 2 aromatic rings. The molecule has 1 aliphatic heterocycles. The number of fused-ring (bicyclic) bond motifs is 1. The van der Waals surface area contributed by atoms with Crippen LogP contribution in [0.5, 0.6) is 5.75 Å². The summed E-state index contributed by atoms with van der Waals surface area (Å²) in [6.45, 7) is 4.03. The Labute approximate surface area is 141 Å². The fourth-order valence-corrected chi connectivity index (χ4v) is 2.74. The van der Waals surface area contributed by atoms with Crippen molar-refractivity contribution >= 4 is 5.96 Å². The van der Waals surface area contributed by atoms with Gasteiger partial charge in [-0.2, -0.15) is 5.10 Å². The number of guanidine groups is 1. The van der Waals surface area contributed by atoms with Gasteiger partial charge in [0, 0.05) is 19.8 Å². The molecule has 24 heavy (non-hydrogen) atoms. The van der Waals surface area contributed by atoms with Crippen molar-refractivity contribution in [2.75, 3.05) is 20.2 Å². The zero-order valence-corrected chi connectivity index (χ0v) is 14.1. The van der Waals surface area contributed by atoms with E-state index in [9.17, 15) is 0 Å². The van der Waals surface area contributed by atoms with Gasteiger partial charge in [-0.3, -0.25) is 9.98 Å². The van der Waals surface area contributed by atoms with Gasteiger partial charge in [-0.1, -0.05) is 0 Å². The van der Waals surface area contributed by atoms with Crippen molar-refractivity contribution in [2.45, 2.75) is 32.4 Å². The first kappa shape index (κ1) is 16.2. The number of aliphatic imine (C=N–C) groups is 1. The van der Waals surface area contributed by atoms with E-state index in [1.165, 1.54) is 0 Å². The molecule has 8 nitrogen and oxygen atoms in total. The van der Waals surface area contributed by atoms with Crippen LogP contribution in [-0.2, 0) is 6.54 Å². The lowest BCUT2D eigenvalue weighted by molar-refractivity contribution is 0.320. The number of ether oxygens (including phenoxy) is 1. The summed E-state index contributed by atoms with van der Waals surface area (Å²) >= 11 is 0. The number of nitrogens with zero attached hydrogens (tertiary/aromatic N) is 5. The van der Waals surface area contributed by atoms with Gasteiger partial charge in [0.25, 0.3) is 0 Å². The molecule has 0 aromatic carbocycles. The summed E-state index contributed by atoms with van der Waals surface area (Å²) < 4.78 is 7.60. The molecule has 8 heteroatoms. The number of aryl methyl sites for hydroxylation is 2. The highest BCUT2D eigenvalue weighted by atomic mass is 16.5. The molecule has 0 aliphatic carbocycles. The van der Waals surface area contributed by atoms with E-state index < -0.39 is 0 Å². The van der Waals surface area contributed by atoms with Gasteiger partial charge in [0.2, 0.25) is 0 Å². The zero-order chi connectivity index (χ0) is 16.8. The Morgan fingerprint density at radius 1 is 1.50 bits per heavy atom. The Morgan fingerprint density at radius 2 is 2.42 bits per heavy atom. The number of aromatic nitrogens is 4. The van der Waals surface area contributed by atoms with Crippen LogP contribution in [0.25, 0.3) is 0 Å². The van der Waals surface area contributed by atoms with Crippen LogP contribution in [0.3, 0.4) is 0 Å². The standard InChI is InChI=1S/C16H23N7O/c1-12-20-15-14(6-4-9-23(15)22-12)21-16(17-2)19-8-10-24-13-5-3-7-18-11-13/h3,5,7,11,14H,4,6,8-10H2,1-2H3,(H2,17,19,21). The molecule has 1 atom stereocenters. The molecular weight excluding hydrogens is 306 g/mol. The minimum absolute atomic E-state index is 0.130. The first-order valence-corrected chi connectivity index (χ1v) is 8.17. The maximum Gasteiger partial charge on any atom is 0.191 e. The lowest BCUT2D eigenvalue weighted by Crippen LogP contribution is -2.42. The van der Waals surface area contributed by atoms with Gasteiger partial charge in [-0.05, 0) is 31.9 Å². The molecule has 0 amide bonds. The lowest BCUT2D eigenvalue weighted by atomic mass is 10.1. The van der Waals surface area contributed by atoms with Crippen LogP contribution in [0.1, 0.15) is 30.5 Å². The Hall–Kier alpha value is -2.64. The van der Waals surface area contributed by atoms with E-state index in [0.29, 0.717) is 13.2 Å². The molecule has 0 saturated carbocycles. The first-order valence-electron chi connectivity index (χ1n) is 8.17. The third-order valence-electron chi connectivity index (χ3n) is 3.81. The topological polar surface area (TPSA) is 89.3 Å². The van der Waals surface area contributed by atoms with Gasteiger partial charge in [0.05, 0.1) is 18.8 Å². The van der Waals surface area contributed by atoms with Gasteiger partial charge in [-0.25, -0.2) is 9.67 Å². The molecule has 0 fully saturated rings. The van der Waals surface area contributed by atoms with Gasteiger partial charge in [0.15, 0.2) is 5.96 Å². The highest BCUT2D eigenvalue weighted by Gasteiger charge is 2.24. The SMILES string of the molecule is CN=C(NCCOc1cccnc1)NC1CCCn2nc(C)nc21. The summed E-state index contributed by atoms with van der Waals surface area (Å²) in [6.07, 6.45) is 5.52. The van der Waals surface area contributed by atoms with E-state index in [4.69, 9.17) is 4.74 Å². The Kier molecular flexibility index (Phi) is 5.25. The van der Waals surface area contributed by atoms with Crippen LogP contribution >= 0.6 is 0 Å². The number of rotatable bonds is 5. The molecule has 1 aliphatic rings. The van der Waals surface area contributed by atoms with Crippen molar-refractivity contribution in [2.24, 2.45) is 4.99 Å². The summed E-state index contributed by atoms with van der Waals surface area (Å²) in [5, 5.41) is 11.1. The van der Waals surface area contributed by atoms with Crippen molar-refractivity contribution in [3.63, 3.8) is 0 Å². The van der Waals surface area contributed by atoms with E-state index in [-0.39, 0.29) is 6.04 Å². The van der Waals surface area contributed by atoms with Crippen LogP contribution in [0.4, 0.5) is 0 Å². The van der Waals surface area contributed by atoms with Crippen LogP contribution in [0, 0.1) is 6.92 Å². The van der Waals surface area contributed by atoms with Crippen molar-refractivity contribution in [1.29, 1.82) is 0 Å². The monoisotopic (exact) mass is 329 g/mol. The molecule has 3 rings (SSSR count). The minimum Gasteiger partial charge on any atom is -0.490 e. The average molecular weight is 329 g/mol. The maximum atomic E-state index is 5.62. The summed E-state index contributed by atoms with van der Waals surface area (Å²) in [4.78, 5) is 12.8. The second kappa shape index (κ2) is 7.76. The van der Waals surface area contributed by atoms with Gasteiger partial charge in [0.1, 0.15) is 24.0 Å². The first-order chi connectivity index (χ1) is 11.8. The summed E-state index contributed by atoms with van der Waals surface area (Å²) in [7, 11) is 1.76.